The molecule has 0 heterocycles. The number of ether oxygens (including phenoxy) is 1. The van der Waals surface area contributed by atoms with Crippen molar-refractivity contribution in [2.45, 2.75) is 57.1 Å². The van der Waals surface area contributed by atoms with Crippen LogP contribution in [0.2, 0.25) is 0 Å². The normalized spacial score (nSPS) is 12.2. The van der Waals surface area contributed by atoms with E-state index in [0.29, 0.717) is 12.4 Å². The van der Waals surface area contributed by atoms with Gasteiger partial charge in [-0.25, -0.2) is 12.8 Å². The topological polar surface area (TPSA) is 96.0 Å². The summed E-state index contributed by atoms with van der Waals surface area (Å²) in [5, 5.41) is 3.01. The predicted octanol–water partition coefficient (Wildman–Crippen LogP) is 5.97. The Bertz CT molecular complexity index is 1690. The minimum Gasteiger partial charge on any atom is -0.494 e. The van der Waals surface area contributed by atoms with Gasteiger partial charge in [-0.3, -0.25) is 13.9 Å². The molecule has 2 amide bonds. The molecule has 0 fully saturated rings. The second kappa shape index (κ2) is 15.1. The van der Waals surface area contributed by atoms with E-state index in [4.69, 9.17) is 4.74 Å². The fourth-order valence-corrected chi connectivity index (χ4v) is 6.34. The minimum absolute atomic E-state index is 0.0507. The molecule has 4 aromatic rings. The van der Waals surface area contributed by atoms with Gasteiger partial charge in [0, 0.05) is 18.5 Å². The number of halogens is 1. The summed E-state index contributed by atoms with van der Waals surface area (Å²) < 4.78 is 48.6. The molecule has 0 bridgehead atoms. The molecule has 8 nitrogen and oxygen atoms in total. The van der Waals surface area contributed by atoms with Crippen molar-refractivity contribution in [2.75, 3.05) is 17.5 Å². The highest BCUT2D eigenvalue weighted by molar-refractivity contribution is 7.92. The summed E-state index contributed by atoms with van der Waals surface area (Å²) in [4.78, 5) is 29.7. The second-order valence-corrected chi connectivity index (χ2v) is 13.7. The quantitative estimate of drug-likeness (QED) is 0.193. The molecule has 0 aliphatic heterocycles. The lowest BCUT2D eigenvalue weighted by molar-refractivity contribution is -0.140. The van der Waals surface area contributed by atoms with E-state index < -0.39 is 39.9 Å². The molecule has 242 valence electrons. The van der Waals surface area contributed by atoms with Crippen LogP contribution in [0, 0.1) is 5.82 Å². The Morgan fingerprint density at radius 2 is 1.39 bits per heavy atom. The average molecular weight is 646 g/mol. The third-order valence-corrected chi connectivity index (χ3v) is 8.87. The van der Waals surface area contributed by atoms with Crippen molar-refractivity contribution in [2.24, 2.45) is 0 Å². The first-order valence-electron chi connectivity index (χ1n) is 15.1. The highest BCUT2D eigenvalue weighted by atomic mass is 32.2. The molecule has 0 spiro atoms. The van der Waals surface area contributed by atoms with Gasteiger partial charge in [0.15, 0.2) is 0 Å². The molecule has 0 radical (unpaired) electrons. The number of sulfonamides is 1. The molecule has 4 aromatic carbocycles. The highest BCUT2D eigenvalue weighted by Gasteiger charge is 2.35. The Kier molecular flexibility index (Phi) is 11.2. The van der Waals surface area contributed by atoms with E-state index in [1.165, 1.54) is 41.3 Å². The molecule has 0 aliphatic rings. The second-order valence-electron chi connectivity index (χ2n) is 11.8. The molecular formula is C36H40FN3O5S. The third-order valence-electron chi connectivity index (χ3n) is 7.08. The van der Waals surface area contributed by atoms with Crippen molar-refractivity contribution in [3.05, 3.63) is 126 Å². The van der Waals surface area contributed by atoms with Gasteiger partial charge in [-0.05, 0) is 87.4 Å². The van der Waals surface area contributed by atoms with Crippen LogP contribution in [-0.4, -0.2) is 49.9 Å². The first kappa shape index (κ1) is 34.2. The van der Waals surface area contributed by atoms with Crippen molar-refractivity contribution in [1.29, 1.82) is 0 Å². The van der Waals surface area contributed by atoms with Crippen LogP contribution in [0.5, 0.6) is 5.75 Å². The zero-order valence-corrected chi connectivity index (χ0v) is 27.3. The molecule has 0 aliphatic carbocycles. The Balaban J connectivity index is 1.79. The maximum absolute atomic E-state index is 14.5. The Labute approximate surface area is 270 Å². The number of carbonyl (C=O) groups is 2. The van der Waals surface area contributed by atoms with Crippen molar-refractivity contribution < 1.29 is 27.1 Å². The molecule has 0 saturated heterocycles. The number of nitrogens with zero attached hydrogens (tertiary/aromatic N) is 2. The van der Waals surface area contributed by atoms with Crippen molar-refractivity contribution in [3.63, 3.8) is 0 Å². The largest absolute Gasteiger partial charge is 0.494 e. The standard InChI is InChI=1S/C36H40FN3O5S/c1-5-45-31-20-22-32(23-21-31)46(43,44)40(30-18-16-29(37)17-19-30)26-34(41)39(25-28-14-10-7-11-15-28)33(35(42)38-36(2,3)4)24-27-12-8-6-9-13-27/h6-23,33H,5,24-26H2,1-4H3,(H,38,42)/t33-/m0/s1. The van der Waals surface area contributed by atoms with E-state index in [1.54, 1.807) is 0 Å². The number of rotatable bonds is 13. The van der Waals surface area contributed by atoms with Gasteiger partial charge in [-0.2, -0.15) is 0 Å². The number of hydrogen-bond donors (Lipinski definition) is 1. The van der Waals surface area contributed by atoms with E-state index in [2.05, 4.69) is 5.32 Å². The van der Waals surface area contributed by atoms with Crippen LogP contribution in [0.1, 0.15) is 38.8 Å². The fraction of sp³-hybridized carbons (Fsp3) is 0.278. The SMILES string of the molecule is CCOc1ccc(S(=O)(=O)N(CC(=O)N(Cc2ccccc2)[C@@H](Cc2ccccc2)C(=O)NC(C)(C)C)c2ccc(F)cc2)cc1. The van der Waals surface area contributed by atoms with E-state index >= 15 is 0 Å². The summed E-state index contributed by atoms with van der Waals surface area (Å²) in [5.41, 5.74) is 1.10. The van der Waals surface area contributed by atoms with Crippen molar-refractivity contribution >= 4 is 27.5 Å². The van der Waals surface area contributed by atoms with Gasteiger partial charge in [0.05, 0.1) is 17.2 Å². The molecular weight excluding hydrogens is 605 g/mol. The van der Waals surface area contributed by atoms with Crippen molar-refractivity contribution in [3.8, 4) is 5.75 Å². The number of hydrogen-bond acceptors (Lipinski definition) is 5. The molecule has 10 heteroatoms. The minimum atomic E-state index is -4.33. The van der Waals surface area contributed by atoms with Gasteiger partial charge >= 0.3 is 0 Å². The van der Waals surface area contributed by atoms with E-state index in [1.807, 2.05) is 88.4 Å². The summed E-state index contributed by atoms with van der Waals surface area (Å²) in [6.07, 6.45) is 0.198. The number of nitrogens with one attached hydrogen (secondary N) is 1. The molecule has 1 N–H and O–H groups in total. The maximum atomic E-state index is 14.5. The Morgan fingerprint density at radius 1 is 0.826 bits per heavy atom. The zero-order chi connectivity index (χ0) is 33.3. The molecule has 0 saturated carbocycles. The Morgan fingerprint density at radius 3 is 1.93 bits per heavy atom. The molecule has 46 heavy (non-hydrogen) atoms. The van der Waals surface area contributed by atoms with Crippen LogP contribution in [-0.2, 0) is 32.6 Å². The number of benzene rings is 4. The van der Waals surface area contributed by atoms with Gasteiger partial charge in [-0.15, -0.1) is 0 Å². The molecule has 0 aromatic heterocycles. The molecule has 4 rings (SSSR count). The summed E-state index contributed by atoms with van der Waals surface area (Å²) >= 11 is 0. The first-order chi connectivity index (χ1) is 21.9. The lowest BCUT2D eigenvalue weighted by Gasteiger charge is -2.35. The highest BCUT2D eigenvalue weighted by Crippen LogP contribution is 2.27. The predicted molar refractivity (Wildman–Crippen MR) is 177 cm³/mol. The van der Waals surface area contributed by atoms with Gasteiger partial charge in [0.25, 0.3) is 10.0 Å². The smallest absolute Gasteiger partial charge is 0.264 e. The van der Waals surface area contributed by atoms with E-state index in [-0.39, 0.29) is 29.5 Å². The van der Waals surface area contributed by atoms with Gasteiger partial charge < -0.3 is 15.0 Å². The van der Waals surface area contributed by atoms with Crippen LogP contribution in [0.15, 0.2) is 114 Å². The molecule has 1 atom stereocenters. The van der Waals surface area contributed by atoms with Crippen molar-refractivity contribution in [1.82, 2.24) is 10.2 Å². The summed E-state index contributed by atoms with van der Waals surface area (Å²) in [6, 6.07) is 28.3. The monoisotopic (exact) mass is 645 g/mol. The number of carbonyl (C=O) groups excluding carboxylic acids is 2. The van der Waals surface area contributed by atoms with Gasteiger partial charge in [0.2, 0.25) is 11.8 Å². The first-order valence-corrected chi connectivity index (χ1v) is 16.5. The average Bonchev–Trinajstić information content (AvgIpc) is 3.02. The van der Waals surface area contributed by atoms with E-state index in [9.17, 15) is 22.4 Å². The maximum Gasteiger partial charge on any atom is 0.264 e. The summed E-state index contributed by atoms with van der Waals surface area (Å²) in [5.74, 6) is -1.04. The molecule has 0 unspecified atom stereocenters. The van der Waals surface area contributed by atoms with E-state index in [0.717, 1.165) is 27.6 Å². The van der Waals surface area contributed by atoms with Crippen LogP contribution in [0.4, 0.5) is 10.1 Å². The number of anilines is 1. The third kappa shape index (κ3) is 9.17. The van der Waals surface area contributed by atoms with Crippen LogP contribution < -0.4 is 14.4 Å². The fourth-order valence-electron chi connectivity index (χ4n) is 4.92. The van der Waals surface area contributed by atoms with Crippen LogP contribution in [0.25, 0.3) is 0 Å². The zero-order valence-electron chi connectivity index (χ0n) is 26.5. The lowest BCUT2D eigenvalue weighted by Crippen LogP contribution is -2.56. The van der Waals surface area contributed by atoms with Gasteiger partial charge in [0.1, 0.15) is 24.2 Å². The number of amides is 2. The van der Waals surface area contributed by atoms with Crippen LogP contribution in [0.3, 0.4) is 0 Å². The van der Waals surface area contributed by atoms with Gasteiger partial charge in [-0.1, -0.05) is 60.7 Å². The summed E-state index contributed by atoms with van der Waals surface area (Å²) in [6.45, 7) is 7.21. The van der Waals surface area contributed by atoms with Crippen LogP contribution >= 0.6 is 0 Å². The lowest BCUT2D eigenvalue weighted by atomic mass is 10.0. The Hall–Kier alpha value is -4.70. The summed E-state index contributed by atoms with van der Waals surface area (Å²) in [7, 11) is -4.33.